The monoisotopic (exact) mass is 397 g/mol. The number of amides is 1. The Balaban J connectivity index is 1.37. The lowest BCUT2D eigenvalue weighted by Crippen LogP contribution is -2.24. The molecule has 30 heavy (non-hydrogen) atoms. The third-order valence-electron chi connectivity index (χ3n) is 4.21. The van der Waals surface area contributed by atoms with Crippen LogP contribution in [-0.2, 0) is 6.54 Å². The Kier molecular flexibility index (Phi) is 5.91. The van der Waals surface area contributed by atoms with Crippen LogP contribution in [0.25, 0.3) is 0 Å². The van der Waals surface area contributed by atoms with Gasteiger partial charge in [0.1, 0.15) is 29.3 Å². The van der Waals surface area contributed by atoms with Crippen LogP contribution in [0.4, 0.5) is 11.5 Å². The van der Waals surface area contributed by atoms with E-state index in [1.165, 1.54) is 6.33 Å². The lowest BCUT2D eigenvalue weighted by molar-refractivity contribution is 0.0946. The van der Waals surface area contributed by atoms with Crippen molar-refractivity contribution in [2.24, 2.45) is 0 Å². The van der Waals surface area contributed by atoms with Gasteiger partial charge in [-0.15, -0.1) is 0 Å². The molecule has 0 radical (unpaired) electrons. The zero-order valence-corrected chi connectivity index (χ0v) is 16.0. The summed E-state index contributed by atoms with van der Waals surface area (Å²) in [6, 6.07) is 22.4. The standard InChI is InChI=1S/C23H19N5O2/c29-23(25-15-17-10-12-24-13-11-17)21-14-22(27-16-26-21)28-18-6-8-20(9-7-18)30-19-4-2-1-3-5-19/h1-14,16H,15H2,(H,25,29)(H,26,27,28). The molecule has 2 N–H and O–H groups in total. The second-order valence-corrected chi connectivity index (χ2v) is 6.39. The molecule has 7 nitrogen and oxygen atoms in total. The van der Waals surface area contributed by atoms with Crippen LogP contribution in [0.2, 0.25) is 0 Å². The van der Waals surface area contributed by atoms with Gasteiger partial charge in [0.2, 0.25) is 0 Å². The molecule has 148 valence electrons. The van der Waals surface area contributed by atoms with Gasteiger partial charge in [-0.2, -0.15) is 0 Å². The van der Waals surface area contributed by atoms with Crippen molar-refractivity contribution < 1.29 is 9.53 Å². The van der Waals surface area contributed by atoms with E-state index >= 15 is 0 Å². The average Bonchev–Trinajstić information content (AvgIpc) is 2.80. The van der Waals surface area contributed by atoms with Gasteiger partial charge in [0.25, 0.3) is 5.91 Å². The van der Waals surface area contributed by atoms with Crippen molar-refractivity contribution in [1.29, 1.82) is 0 Å². The summed E-state index contributed by atoms with van der Waals surface area (Å²) < 4.78 is 5.79. The van der Waals surface area contributed by atoms with Gasteiger partial charge in [-0.3, -0.25) is 9.78 Å². The third-order valence-corrected chi connectivity index (χ3v) is 4.21. The highest BCUT2D eigenvalue weighted by atomic mass is 16.5. The summed E-state index contributed by atoms with van der Waals surface area (Å²) in [4.78, 5) is 24.6. The average molecular weight is 397 g/mol. The van der Waals surface area contributed by atoms with E-state index in [4.69, 9.17) is 4.74 Å². The molecule has 0 unspecified atom stereocenters. The van der Waals surface area contributed by atoms with Gasteiger partial charge in [0, 0.05) is 30.7 Å². The quantitative estimate of drug-likeness (QED) is 0.482. The zero-order chi connectivity index (χ0) is 20.6. The van der Waals surface area contributed by atoms with E-state index in [2.05, 4.69) is 25.6 Å². The van der Waals surface area contributed by atoms with Gasteiger partial charge in [-0.25, -0.2) is 9.97 Å². The fourth-order valence-corrected chi connectivity index (χ4v) is 2.70. The van der Waals surface area contributed by atoms with Gasteiger partial charge >= 0.3 is 0 Å². The summed E-state index contributed by atoms with van der Waals surface area (Å²) in [5, 5.41) is 6.00. The first-order valence-electron chi connectivity index (χ1n) is 9.35. The Hall–Kier alpha value is -4.26. The molecule has 0 aliphatic rings. The number of nitrogens with zero attached hydrogens (tertiary/aromatic N) is 3. The highest BCUT2D eigenvalue weighted by molar-refractivity contribution is 5.92. The van der Waals surface area contributed by atoms with Crippen molar-refractivity contribution in [2.45, 2.75) is 6.54 Å². The second-order valence-electron chi connectivity index (χ2n) is 6.39. The SMILES string of the molecule is O=C(NCc1ccncc1)c1cc(Nc2ccc(Oc3ccccc3)cc2)ncn1. The number of carbonyl (C=O) groups excluding carboxylic acids is 1. The van der Waals surface area contributed by atoms with E-state index in [1.54, 1.807) is 18.5 Å². The smallest absolute Gasteiger partial charge is 0.270 e. The van der Waals surface area contributed by atoms with Crippen LogP contribution in [0.5, 0.6) is 11.5 Å². The Labute approximate surface area is 173 Å². The lowest BCUT2D eigenvalue weighted by atomic mass is 10.2. The third kappa shape index (κ3) is 5.17. The molecule has 4 rings (SSSR count). The fourth-order valence-electron chi connectivity index (χ4n) is 2.70. The molecule has 1 amide bonds. The number of ether oxygens (including phenoxy) is 1. The first-order chi connectivity index (χ1) is 14.8. The fraction of sp³-hybridized carbons (Fsp3) is 0.0435. The maximum absolute atomic E-state index is 12.4. The minimum absolute atomic E-state index is 0.274. The Morgan fingerprint density at radius 2 is 1.60 bits per heavy atom. The van der Waals surface area contributed by atoms with Crippen LogP contribution in [0.3, 0.4) is 0 Å². The van der Waals surface area contributed by atoms with Crippen molar-refractivity contribution in [3.8, 4) is 11.5 Å². The summed E-state index contributed by atoms with van der Waals surface area (Å²) in [7, 11) is 0. The predicted octanol–water partition coefficient (Wildman–Crippen LogP) is 4.34. The van der Waals surface area contributed by atoms with E-state index in [0.29, 0.717) is 12.4 Å². The van der Waals surface area contributed by atoms with Crippen LogP contribution in [0.15, 0.2) is 91.5 Å². The molecule has 4 aromatic rings. The maximum atomic E-state index is 12.4. The topological polar surface area (TPSA) is 89.0 Å². The van der Waals surface area contributed by atoms with E-state index in [0.717, 1.165) is 22.7 Å². The van der Waals surface area contributed by atoms with Crippen LogP contribution in [0, 0.1) is 0 Å². The molecule has 0 saturated carbocycles. The molecule has 2 heterocycles. The predicted molar refractivity (Wildman–Crippen MR) is 114 cm³/mol. The largest absolute Gasteiger partial charge is 0.457 e. The van der Waals surface area contributed by atoms with Crippen LogP contribution < -0.4 is 15.4 Å². The van der Waals surface area contributed by atoms with Gasteiger partial charge in [0.05, 0.1) is 0 Å². The summed E-state index contributed by atoms with van der Waals surface area (Å²) in [5.74, 6) is 1.75. The number of carbonyl (C=O) groups is 1. The minimum atomic E-state index is -0.274. The number of rotatable bonds is 7. The van der Waals surface area contributed by atoms with E-state index in [1.807, 2.05) is 66.7 Å². The van der Waals surface area contributed by atoms with E-state index < -0.39 is 0 Å². The first-order valence-corrected chi connectivity index (χ1v) is 9.35. The highest BCUT2D eigenvalue weighted by Crippen LogP contribution is 2.23. The molecular weight excluding hydrogens is 378 g/mol. The van der Waals surface area contributed by atoms with Crippen molar-refractivity contribution >= 4 is 17.4 Å². The van der Waals surface area contributed by atoms with E-state index in [-0.39, 0.29) is 11.6 Å². The summed E-state index contributed by atoms with van der Waals surface area (Å²) >= 11 is 0. The highest BCUT2D eigenvalue weighted by Gasteiger charge is 2.09. The number of pyridine rings is 1. The molecule has 0 atom stereocenters. The first kappa shape index (κ1) is 19.1. The second kappa shape index (κ2) is 9.29. The minimum Gasteiger partial charge on any atom is -0.457 e. The van der Waals surface area contributed by atoms with Gasteiger partial charge in [-0.1, -0.05) is 18.2 Å². The van der Waals surface area contributed by atoms with Gasteiger partial charge < -0.3 is 15.4 Å². The number of aromatic nitrogens is 3. The van der Waals surface area contributed by atoms with Crippen molar-refractivity contribution in [1.82, 2.24) is 20.3 Å². The Morgan fingerprint density at radius 3 is 2.37 bits per heavy atom. The number of nitrogens with one attached hydrogen (secondary N) is 2. The van der Waals surface area contributed by atoms with Crippen molar-refractivity contribution in [2.75, 3.05) is 5.32 Å². The molecule has 0 spiro atoms. The zero-order valence-electron chi connectivity index (χ0n) is 16.0. The number of hydrogen-bond donors (Lipinski definition) is 2. The summed E-state index contributed by atoms with van der Waals surface area (Å²) in [6.07, 6.45) is 4.73. The lowest BCUT2D eigenvalue weighted by Gasteiger charge is -2.09. The number of hydrogen-bond acceptors (Lipinski definition) is 6. The number of benzene rings is 2. The normalized spacial score (nSPS) is 10.3. The number of para-hydroxylation sites is 1. The molecule has 7 heteroatoms. The van der Waals surface area contributed by atoms with Gasteiger partial charge in [0.15, 0.2) is 0 Å². The summed E-state index contributed by atoms with van der Waals surface area (Å²) in [5.41, 5.74) is 2.06. The van der Waals surface area contributed by atoms with E-state index in [9.17, 15) is 4.79 Å². The van der Waals surface area contributed by atoms with Crippen molar-refractivity contribution in [3.63, 3.8) is 0 Å². The molecule has 2 aromatic carbocycles. The Morgan fingerprint density at radius 1 is 0.867 bits per heavy atom. The Bertz CT molecular complexity index is 1100. The summed E-state index contributed by atoms with van der Waals surface area (Å²) in [6.45, 7) is 0.400. The van der Waals surface area contributed by atoms with Crippen LogP contribution >= 0.6 is 0 Å². The van der Waals surface area contributed by atoms with Crippen LogP contribution in [0.1, 0.15) is 16.1 Å². The number of anilines is 2. The van der Waals surface area contributed by atoms with Crippen molar-refractivity contribution in [3.05, 3.63) is 103 Å². The maximum Gasteiger partial charge on any atom is 0.270 e. The van der Waals surface area contributed by atoms with Crippen LogP contribution in [-0.4, -0.2) is 20.9 Å². The molecular formula is C23H19N5O2. The molecule has 2 aromatic heterocycles. The molecule has 0 fully saturated rings. The molecule has 0 saturated heterocycles. The van der Waals surface area contributed by atoms with Gasteiger partial charge in [-0.05, 0) is 54.1 Å². The molecule has 0 bridgehead atoms. The molecule has 0 aliphatic heterocycles. The molecule has 0 aliphatic carbocycles.